The average Bonchev–Trinajstić information content (AvgIpc) is 3.55. The lowest BCUT2D eigenvalue weighted by molar-refractivity contribution is -0.116. The van der Waals surface area contributed by atoms with Crippen molar-refractivity contribution in [1.82, 2.24) is 25.1 Å². The third kappa shape index (κ3) is 5.73. The van der Waals surface area contributed by atoms with Crippen LogP contribution in [0, 0.1) is 12.8 Å². The molecule has 3 N–H and O–H groups in total. The van der Waals surface area contributed by atoms with Crippen LogP contribution in [0.25, 0.3) is 0 Å². The van der Waals surface area contributed by atoms with Crippen LogP contribution in [0.3, 0.4) is 0 Å². The van der Waals surface area contributed by atoms with E-state index in [1.54, 1.807) is 0 Å². The minimum Gasteiger partial charge on any atom is -0.350 e. The fourth-order valence-corrected chi connectivity index (χ4v) is 4.87. The summed E-state index contributed by atoms with van der Waals surface area (Å²) in [6, 6.07) is 11.3. The molecule has 1 amide bonds. The molecule has 3 aromatic rings. The second kappa shape index (κ2) is 9.46. The Balaban J connectivity index is 1.32. The topological polar surface area (TPSA) is 102 Å². The number of aromatic amines is 1. The van der Waals surface area contributed by atoms with Gasteiger partial charge in [0.2, 0.25) is 5.91 Å². The van der Waals surface area contributed by atoms with Crippen molar-refractivity contribution in [2.45, 2.75) is 35.5 Å². The fraction of sp³-hybridized carbons (Fsp3) is 0.417. The number of alkyl halides is 1. The third-order valence-corrected chi connectivity index (χ3v) is 6.87. The normalized spacial score (nSPS) is 16.8. The Labute approximate surface area is 207 Å². The summed E-state index contributed by atoms with van der Waals surface area (Å²) in [6.07, 6.45) is 1.96. The van der Waals surface area contributed by atoms with Crippen LogP contribution in [0.15, 0.2) is 46.5 Å². The Morgan fingerprint density at radius 3 is 2.57 bits per heavy atom. The number of H-pyrrole nitrogens is 1. The van der Waals surface area contributed by atoms with Crippen molar-refractivity contribution in [2.24, 2.45) is 5.92 Å². The van der Waals surface area contributed by atoms with E-state index in [9.17, 15) is 9.18 Å². The Hall–Kier alpha value is -3.18. The second-order valence-corrected chi connectivity index (χ2v) is 10.6. The number of nitrogens with zero attached hydrogens (tertiary/aromatic N) is 5. The molecular weight excluding hydrogens is 467 g/mol. The van der Waals surface area contributed by atoms with Crippen LogP contribution in [0.1, 0.15) is 18.5 Å². The highest BCUT2D eigenvalue weighted by molar-refractivity contribution is 7.99. The first-order valence-corrected chi connectivity index (χ1v) is 12.4. The van der Waals surface area contributed by atoms with E-state index >= 15 is 0 Å². The number of carbonyl (C=O) groups excluding carboxylic acids is 1. The van der Waals surface area contributed by atoms with E-state index in [0.29, 0.717) is 42.2 Å². The Bertz CT molecular complexity index is 1200. The van der Waals surface area contributed by atoms with Gasteiger partial charge in [0.05, 0.1) is 19.6 Å². The van der Waals surface area contributed by atoms with Crippen LogP contribution in [-0.2, 0) is 4.79 Å². The molecule has 1 aliphatic carbocycles. The van der Waals surface area contributed by atoms with Gasteiger partial charge in [-0.05, 0) is 75.8 Å². The molecule has 0 spiro atoms. The molecule has 0 atom stereocenters. The molecule has 0 radical (unpaired) electrons. The molecule has 0 unspecified atom stereocenters. The molecule has 1 aromatic carbocycles. The number of amides is 1. The molecule has 35 heavy (non-hydrogen) atoms. The number of rotatable bonds is 9. The fourth-order valence-electron chi connectivity index (χ4n) is 4.11. The van der Waals surface area contributed by atoms with Crippen LogP contribution >= 0.6 is 11.8 Å². The van der Waals surface area contributed by atoms with Crippen molar-refractivity contribution in [1.29, 1.82) is 0 Å². The zero-order valence-corrected chi connectivity index (χ0v) is 20.8. The third-order valence-electron chi connectivity index (χ3n) is 6.00. The number of aromatic nitrogens is 4. The van der Waals surface area contributed by atoms with Crippen LogP contribution in [0.5, 0.6) is 0 Å². The van der Waals surface area contributed by atoms with Gasteiger partial charge in [-0.3, -0.25) is 9.89 Å². The van der Waals surface area contributed by atoms with Crippen molar-refractivity contribution in [3.63, 3.8) is 0 Å². The first-order chi connectivity index (χ1) is 16.8. The molecule has 1 saturated carbocycles. The van der Waals surface area contributed by atoms with Crippen molar-refractivity contribution >= 4 is 40.8 Å². The van der Waals surface area contributed by atoms with Gasteiger partial charge in [-0.25, -0.2) is 14.4 Å². The van der Waals surface area contributed by atoms with Crippen LogP contribution < -0.4 is 15.5 Å². The lowest BCUT2D eigenvalue weighted by Crippen LogP contribution is -2.60. The van der Waals surface area contributed by atoms with Gasteiger partial charge in [0.1, 0.15) is 17.3 Å². The predicted molar refractivity (Wildman–Crippen MR) is 135 cm³/mol. The zero-order valence-electron chi connectivity index (χ0n) is 20.0. The first-order valence-electron chi connectivity index (χ1n) is 11.6. The monoisotopic (exact) mass is 496 g/mol. The minimum atomic E-state index is -1.10. The maximum atomic E-state index is 15.0. The Kier molecular flexibility index (Phi) is 6.37. The summed E-state index contributed by atoms with van der Waals surface area (Å²) >= 11 is 1.41. The van der Waals surface area contributed by atoms with E-state index in [1.165, 1.54) is 11.8 Å². The van der Waals surface area contributed by atoms with Gasteiger partial charge in [0.25, 0.3) is 0 Å². The quantitative estimate of drug-likeness (QED) is 0.384. The summed E-state index contributed by atoms with van der Waals surface area (Å²) in [4.78, 5) is 26.1. The number of aryl methyl sites for hydroxylation is 1. The van der Waals surface area contributed by atoms with E-state index < -0.39 is 5.67 Å². The van der Waals surface area contributed by atoms with Gasteiger partial charge in [0.15, 0.2) is 11.0 Å². The summed E-state index contributed by atoms with van der Waals surface area (Å²) in [6.45, 7) is 2.97. The largest absolute Gasteiger partial charge is 0.350 e. The van der Waals surface area contributed by atoms with Crippen molar-refractivity contribution in [3.05, 3.63) is 42.1 Å². The molecule has 2 aliphatic rings. The number of hydrogen-bond donors (Lipinski definition) is 3. The number of halogens is 1. The standard InChI is InChI=1S/C24H29FN8OS/c1-15-10-20(31-30-15)27-19-11-21(33-13-24(25,14-33)16-4-5-16)29-23(28-19)35-18-8-6-17(7-9-18)26-22(34)12-32(2)3/h6-11,16H,4-5,12-14H2,1-3H3,(H,26,34)(H2,27,28,29,30,31). The maximum Gasteiger partial charge on any atom is 0.238 e. The molecule has 1 aliphatic heterocycles. The maximum absolute atomic E-state index is 15.0. The molecule has 2 fully saturated rings. The van der Waals surface area contributed by atoms with Crippen LogP contribution in [0.2, 0.25) is 0 Å². The zero-order chi connectivity index (χ0) is 24.6. The smallest absolute Gasteiger partial charge is 0.238 e. The lowest BCUT2D eigenvalue weighted by atomic mass is 9.91. The van der Waals surface area contributed by atoms with E-state index in [2.05, 4.69) is 25.8 Å². The van der Waals surface area contributed by atoms with E-state index in [4.69, 9.17) is 4.98 Å². The molecule has 184 valence electrons. The predicted octanol–water partition coefficient (Wildman–Crippen LogP) is 3.84. The molecule has 1 saturated heterocycles. The van der Waals surface area contributed by atoms with Gasteiger partial charge in [-0.15, -0.1) is 0 Å². The molecule has 9 nitrogen and oxygen atoms in total. The second-order valence-electron chi connectivity index (χ2n) is 9.53. The Morgan fingerprint density at radius 2 is 1.94 bits per heavy atom. The van der Waals surface area contributed by atoms with Crippen molar-refractivity contribution < 1.29 is 9.18 Å². The summed E-state index contributed by atoms with van der Waals surface area (Å²) in [5.41, 5.74) is 0.563. The average molecular weight is 497 g/mol. The van der Waals surface area contributed by atoms with Gasteiger partial charge < -0.3 is 20.4 Å². The number of benzene rings is 1. The number of likely N-dealkylation sites (N-methyl/N-ethyl adjacent to an activating group) is 1. The SMILES string of the molecule is Cc1cc(Nc2cc(N3CC(F)(C4CC4)C3)nc(Sc3ccc(NC(=O)CN(C)C)cc3)n2)n[nH]1. The summed E-state index contributed by atoms with van der Waals surface area (Å²) in [5, 5.41) is 13.8. The molecular formula is C24H29FN8OS. The minimum absolute atomic E-state index is 0.0690. The van der Waals surface area contributed by atoms with E-state index in [-0.39, 0.29) is 11.8 Å². The van der Waals surface area contributed by atoms with Gasteiger partial charge in [0, 0.05) is 28.4 Å². The van der Waals surface area contributed by atoms with Gasteiger partial charge >= 0.3 is 0 Å². The Morgan fingerprint density at radius 1 is 1.20 bits per heavy atom. The molecule has 2 aromatic heterocycles. The van der Waals surface area contributed by atoms with Gasteiger partial charge in [-0.2, -0.15) is 5.10 Å². The van der Waals surface area contributed by atoms with Crippen molar-refractivity contribution in [2.75, 3.05) is 49.3 Å². The highest BCUT2D eigenvalue weighted by Gasteiger charge is 2.54. The van der Waals surface area contributed by atoms with E-state index in [0.717, 1.165) is 29.1 Å². The van der Waals surface area contributed by atoms with E-state index in [1.807, 2.05) is 67.2 Å². The highest BCUT2D eigenvalue weighted by atomic mass is 32.2. The van der Waals surface area contributed by atoms with Gasteiger partial charge in [-0.1, -0.05) is 0 Å². The summed E-state index contributed by atoms with van der Waals surface area (Å²) < 4.78 is 15.0. The molecule has 5 rings (SSSR count). The number of anilines is 4. The van der Waals surface area contributed by atoms with Crippen molar-refractivity contribution in [3.8, 4) is 0 Å². The number of hydrogen-bond acceptors (Lipinski definition) is 8. The molecule has 3 heterocycles. The van der Waals surface area contributed by atoms with Crippen LogP contribution in [0.4, 0.5) is 27.5 Å². The molecule has 11 heteroatoms. The summed E-state index contributed by atoms with van der Waals surface area (Å²) in [5.74, 6) is 2.07. The summed E-state index contributed by atoms with van der Waals surface area (Å²) in [7, 11) is 3.70. The number of carbonyl (C=O) groups is 1. The van der Waals surface area contributed by atoms with Crippen LogP contribution in [-0.4, -0.2) is 70.4 Å². The lowest BCUT2D eigenvalue weighted by Gasteiger charge is -2.45. The molecule has 0 bridgehead atoms. The highest BCUT2D eigenvalue weighted by Crippen LogP contribution is 2.48. The number of nitrogens with one attached hydrogen (secondary N) is 3. The first kappa shape index (κ1) is 23.6.